The Kier molecular flexibility index (Phi) is 3.83. The Hall–Kier alpha value is -1.49. The summed E-state index contributed by atoms with van der Waals surface area (Å²) in [5, 5.41) is 8.20. The zero-order valence-electron chi connectivity index (χ0n) is 8.68. The Bertz CT molecular complexity index is 478. The molecule has 0 atom stereocenters. The molecule has 0 aliphatic rings. The standard InChI is InChI=1S/C11H8ClF3O2/c1-6(10(16)17)4-7-2-3-9(12)8(5-7)11(13,14)15/h2-5H,1H3,(H,16,17)/b6-4+. The van der Waals surface area contributed by atoms with Crippen molar-refractivity contribution in [2.45, 2.75) is 13.1 Å². The number of aliphatic carboxylic acids is 1. The lowest BCUT2D eigenvalue weighted by Gasteiger charge is -2.09. The van der Waals surface area contributed by atoms with E-state index in [-0.39, 0.29) is 11.1 Å². The molecule has 0 heterocycles. The van der Waals surface area contributed by atoms with Crippen LogP contribution in [0.5, 0.6) is 0 Å². The quantitative estimate of drug-likeness (QED) is 0.824. The third-order valence-electron chi connectivity index (χ3n) is 2.02. The van der Waals surface area contributed by atoms with Crippen LogP contribution in [0.4, 0.5) is 13.2 Å². The minimum absolute atomic E-state index is 0.0551. The Morgan fingerprint density at radius 2 is 2.00 bits per heavy atom. The molecule has 6 heteroatoms. The van der Waals surface area contributed by atoms with Crippen molar-refractivity contribution in [1.29, 1.82) is 0 Å². The van der Waals surface area contributed by atoms with Crippen LogP contribution in [0.2, 0.25) is 5.02 Å². The number of hydrogen-bond acceptors (Lipinski definition) is 1. The van der Waals surface area contributed by atoms with Crippen molar-refractivity contribution in [3.05, 3.63) is 39.9 Å². The monoisotopic (exact) mass is 264 g/mol. The largest absolute Gasteiger partial charge is 0.478 e. The number of halogens is 4. The van der Waals surface area contributed by atoms with Gasteiger partial charge in [-0.2, -0.15) is 13.2 Å². The lowest BCUT2D eigenvalue weighted by Crippen LogP contribution is -2.06. The van der Waals surface area contributed by atoms with Gasteiger partial charge < -0.3 is 5.11 Å². The van der Waals surface area contributed by atoms with Gasteiger partial charge in [0.05, 0.1) is 10.6 Å². The van der Waals surface area contributed by atoms with Gasteiger partial charge in [0.15, 0.2) is 0 Å². The van der Waals surface area contributed by atoms with Gasteiger partial charge in [-0.1, -0.05) is 17.7 Å². The molecule has 92 valence electrons. The second-order valence-electron chi connectivity index (χ2n) is 3.37. The van der Waals surface area contributed by atoms with E-state index in [1.165, 1.54) is 13.0 Å². The number of carboxylic acid groups (broad SMARTS) is 1. The van der Waals surface area contributed by atoms with E-state index in [2.05, 4.69) is 0 Å². The summed E-state index contributed by atoms with van der Waals surface area (Å²) in [6.45, 7) is 1.30. The lowest BCUT2D eigenvalue weighted by atomic mass is 10.1. The average molecular weight is 265 g/mol. The van der Waals surface area contributed by atoms with Crippen molar-refractivity contribution in [2.75, 3.05) is 0 Å². The summed E-state index contributed by atoms with van der Waals surface area (Å²) in [6.07, 6.45) is -3.41. The number of carbonyl (C=O) groups is 1. The van der Waals surface area contributed by atoms with E-state index in [0.29, 0.717) is 0 Å². The molecule has 0 saturated heterocycles. The van der Waals surface area contributed by atoms with Crippen molar-refractivity contribution in [1.82, 2.24) is 0 Å². The molecule has 0 aromatic heterocycles. The van der Waals surface area contributed by atoms with E-state index < -0.39 is 22.7 Å². The van der Waals surface area contributed by atoms with Gasteiger partial charge in [0.2, 0.25) is 0 Å². The zero-order valence-corrected chi connectivity index (χ0v) is 9.43. The molecular formula is C11H8ClF3O2. The topological polar surface area (TPSA) is 37.3 Å². The van der Waals surface area contributed by atoms with Crippen LogP contribution in [0.25, 0.3) is 6.08 Å². The van der Waals surface area contributed by atoms with Crippen molar-refractivity contribution in [2.24, 2.45) is 0 Å². The predicted octanol–water partition coefficient (Wildman–Crippen LogP) is 3.85. The van der Waals surface area contributed by atoms with Crippen LogP contribution < -0.4 is 0 Å². The van der Waals surface area contributed by atoms with Gasteiger partial charge in [-0.25, -0.2) is 4.79 Å². The SMILES string of the molecule is C/C(=C\c1ccc(Cl)c(C(F)(F)F)c1)C(=O)O. The first-order valence-electron chi connectivity index (χ1n) is 4.50. The summed E-state index contributed by atoms with van der Waals surface area (Å²) in [6, 6.07) is 3.23. The van der Waals surface area contributed by atoms with Crippen molar-refractivity contribution in [3.63, 3.8) is 0 Å². The summed E-state index contributed by atoms with van der Waals surface area (Å²) in [4.78, 5) is 10.5. The molecule has 17 heavy (non-hydrogen) atoms. The second-order valence-corrected chi connectivity index (χ2v) is 3.78. The molecule has 0 fully saturated rings. The number of rotatable bonds is 2. The Morgan fingerprint density at radius 1 is 1.41 bits per heavy atom. The van der Waals surface area contributed by atoms with Crippen LogP contribution in [0.1, 0.15) is 18.1 Å². The molecule has 1 aromatic carbocycles. The third kappa shape index (κ3) is 3.49. The highest BCUT2D eigenvalue weighted by molar-refractivity contribution is 6.31. The maximum atomic E-state index is 12.5. The van der Waals surface area contributed by atoms with Crippen LogP contribution in [-0.2, 0) is 11.0 Å². The summed E-state index contributed by atoms with van der Waals surface area (Å²) in [5.41, 5.74) is -0.895. The highest BCUT2D eigenvalue weighted by atomic mass is 35.5. The molecule has 0 amide bonds. The normalized spacial score (nSPS) is 12.6. The summed E-state index contributed by atoms with van der Waals surface area (Å²) >= 11 is 5.42. The first-order chi connectivity index (χ1) is 7.71. The van der Waals surface area contributed by atoms with E-state index in [9.17, 15) is 18.0 Å². The van der Waals surface area contributed by atoms with Gasteiger partial charge in [0, 0.05) is 5.57 Å². The highest BCUT2D eigenvalue weighted by Crippen LogP contribution is 2.35. The van der Waals surface area contributed by atoms with Gasteiger partial charge in [-0.15, -0.1) is 0 Å². The van der Waals surface area contributed by atoms with Crippen molar-refractivity contribution >= 4 is 23.6 Å². The summed E-state index contributed by atoms with van der Waals surface area (Å²) in [5.74, 6) is -1.19. The lowest BCUT2D eigenvalue weighted by molar-refractivity contribution is -0.137. The minimum atomic E-state index is -4.56. The number of benzene rings is 1. The first-order valence-corrected chi connectivity index (χ1v) is 4.88. The van der Waals surface area contributed by atoms with Gasteiger partial charge in [0.1, 0.15) is 0 Å². The summed E-state index contributed by atoms with van der Waals surface area (Å²) < 4.78 is 37.5. The average Bonchev–Trinajstić information content (AvgIpc) is 2.19. The van der Waals surface area contributed by atoms with Gasteiger partial charge in [0.25, 0.3) is 0 Å². The number of carboxylic acids is 1. The molecular weight excluding hydrogens is 257 g/mol. The van der Waals surface area contributed by atoms with E-state index in [0.717, 1.165) is 18.2 Å². The van der Waals surface area contributed by atoms with E-state index in [4.69, 9.17) is 16.7 Å². The van der Waals surface area contributed by atoms with Gasteiger partial charge in [-0.3, -0.25) is 0 Å². The Labute approximate surface area is 100 Å². The van der Waals surface area contributed by atoms with Crippen LogP contribution in [0.15, 0.2) is 23.8 Å². The molecule has 0 aliphatic carbocycles. The van der Waals surface area contributed by atoms with Crippen LogP contribution >= 0.6 is 11.6 Å². The number of hydrogen-bond donors (Lipinski definition) is 1. The molecule has 0 bridgehead atoms. The van der Waals surface area contributed by atoms with Crippen LogP contribution in [0.3, 0.4) is 0 Å². The predicted molar refractivity (Wildman–Crippen MR) is 57.7 cm³/mol. The Morgan fingerprint density at radius 3 is 2.47 bits per heavy atom. The van der Waals surface area contributed by atoms with E-state index >= 15 is 0 Å². The fourth-order valence-corrected chi connectivity index (χ4v) is 1.39. The van der Waals surface area contributed by atoms with E-state index in [1.54, 1.807) is 0 Å². The van der Waals surface area contributed by atoms with Crippen molar-refractivity contribution in [3.8, 4) is 0 Å². The maximum absolute atomic E-state index is 12.5. The first kappa shape index (κ1) is 13.6. The highest BCUT2D eigenvalue weighted by Gasteiger charge is 2.33. The van der Waals surface area contributed by atoms with Crippen LogP contribution in [-0.4, -0.2) is 11.1 Å². The molecule has 1 N–H and O–H groups in total. The molecule has 0 unspecified atom stereocenters. The fraction of sp³-hybridized carbons (Fsp3) is 0.182. The minimum Gasteiger partial charge on any atom is -0.478 e. The number of alkyl halides is 3. The molecule has 1 aromatic rings. The maximum Gasteiger partial charge on any atom is 0.417 e. The Balaban J connectivity index is 3.23. The molecule has 1 rings (SSSR count). The van der Waals surface area contributed by atoms with Gasteiger partial charge >= 0.3 is 12.1 Å². The van der Waals surface area contributed by atoms with E-state index in [1.807, 2.05) is 0 Å². The molecule has 0 aliphatic heterocycles. The molecule has 0 spiro atoms. The summed E-state index contributed by atoms with van der Waals surface area (Å²) in [7, 11) is 0. The zero-order chi connectivity index (χ0) is 13.2. The third-order valence-corrected chi connectivity index (χ3v) is 2.35. The molecule has 2 nitrogen and oxygen atoms in total. The van der Waals surface area contributed by atoms with Gasteiger partial charge in [-0.05, 0) is 30.7 Å². The fourth-order valence-electron chi connectivity index (χ4n) is 1.16. The molecule has 0 radical (unpaired) electrons. The van der Waals surface area contributed by atoms with Crippen LogP contribution in [0, 0.1) is 0 Å². The smallest absolute Gasteiger partial charge is 0.417 e. The van der Waals surface area contributed by atoms with Crippen molar-refractivity contribution < 1.29 is 23.1 Å². The molecule has 0 saturated carbocycles. The second kappa shape index (κ2) is 4.79.